The van der Waals surface area contributed by atoms with Crippen molar-refractivity contribution in [3.8, 4) is 0 Å². The molecule has 6 heteroatoms. The van der Waals surface area contributed by atoms with E-state index in [2.05, 4.69) is 49.8 Å². The number of amides is 1. The summed E-state index contributed by atoms with van der Waals surface area (Å²) in [6.45, 7) is 6.67. The normalized spacial score (nSPS) is 11.2. The minimum absolute atomic E-state index is 0.0570. The number of hydrogen-bond donors (Lipinski definition) is 2. The second-order valence-electron chi connectivity index (χ2n) is 10.9. The number of carbonyl (C=O) groups is 1. The number of benzene rings is 2. The molecule has 0 aliphatic carbocycles. The molecule has 0 aromatic heterocycles. The molecule has 0 aliphatic heterocycles. The van der Waals surface area contributed by atoms with Gasteiger partial charge in [0.2, 0.25) is 5.91 Å². The van der Waals surface area contributed by atoms with E-state index in [1.807, 2.05) is 6.07 Å². The Balaban J connectivity index is 0.000000708. The van der Waals surface area contributed by atoms with E-state index in [1.54, 1.807) is 0 Å². The first kappa shape index (κ1) is 34.7. The van der Waals surface area contributed by atoms with Crippen molar-refractivity contribution in [1.82, 2.24) is 4.72 Å². The average molecular weight is 559 g/mol. The van der Waals surface area contributed by atoms with Crippen LogP contribution in [0.4, 0.5) is 5.69 Å². The zero-order valence-electron chi connectivity index (χ0n) is 24.8. The number of nitrogen functional groups attached to an aromatic ring is 1. The van der Waals surface area contributed by atoms with Crippen LogP contribution in [0.5, 0.6) is 0 Å². The lowest BCUT2D eigenvalue weighted by Gasteiger charge is -2.07. The Morgan fingerprint density at radius 2 is 1.13 bits per heavy atom. The van der Waals surface area contributed by atoms with Crippen LogP contribution >= 0.6 is 0 Å². The number of sulfonamides is 1. The van der Waals surface area contributed by atoms with Gasteiger partial charge in [-0.05, 0) is 42.2 Å². The smallest absolute Gasteiger partial charge is 0.264 e. The first-order valence-corrected chi connectivity index (χ1v) is 16.7. The summed E-state index contributed by atoms with van der Waals surface area (Å²) >= 11 is 0. The van der Waals surface area contributed by atoms with E-state index in [0.29, 0.717) is 11.6 Å². The lowest BCUT2D eigenvalue weighted by molar-refractivity contribution is -0.119. The van der Waals surface area contributed by atoms with E-state index in [1.165, 1.54) is 107 Å². The van der Waals surface area contributed by atoms with Crippen molar-refractivity contribution in [2.45, 2.75) is 134 Å². The van der Waals surface area contributed by atoms with Crippen molar-refractivity contribution in [3.05, 3.63) is 60.2 Å². The third kappa shape index (κ3) is 17.8. The zero-order valence-corrected chi connectivity index (χ0v) is 25.6. The van der Waals surface area contributed by atoms with Crippen LogP contribution in [0.1, 0.15) is 135 Å². The van der Waals surface area contributed by atoms with E-state index >= 15 is 0 Å². The Morgan fingerprint density at radius 1 is 0.692 bits per heavy atom. The molecule has 0 aliphatic rings. The molecule has 2 aromatic carbocycles. The van der Waals surface area contributed by atoms with Gasteiger partial charge in [-0.15, -0.1) is 0 Å². The zero-order chi connectivity index (χ0) is 28.8. The first-order chi connectivity index (χ1) is 18.8. The van der Waals surface area contributed by atoms with Gasteiger partial charge in [-0.3, -0.25) is 4.79 Å². The SMILES string of the molecule is CC(C)c1ccccc1.CCCCCCCCCCCCCCCCCC(=O)NS(=O)(=O)c1ccc(N)cc1. The van der Waals surface area contributed by atoms with Crippen LogP contribution in [0.15, 0.2) is 59.5 Å². The van der Waals surface area contributed by atoms with Gasteiger partial charge >= 0.3 is 0 Å². The standard InChI is InChI=1S/C24H42N2O3S.C9H12/c1-2-3-4-5-6-7-8-9-10-11-12-13-14-15-16-17-24(27)26-30(28,29)23-20-18-22(25)19-21-23;1-8(2)9-6-4-3-5-7-9/h18-21H,2-17,25H2,1H3,(H,26,27);3-8H,1-2H3. The molecule has 5 nitrogen and oxygen atoms in total. The summed E-state index contributed by atoms with van der Waals surface area (Å²) < 4.78 is 26.4. The van der Waals surface area contributed by atoms with Crippen molar-refractivity contribution >= 4 is 21.6 Å². The topological polar surface area (TPSA) is 89.3 Å². The molecular weight excluding hydrogens is 504 g/mol. The molecule has 2 rings (SSSR count). The predicted octanol–water partition coefficient (Wildman–Crippen LogP) is 9.15. The molecule has 3 N–H and O–H groups in total. The van der Waals surface area contributed by atoms with Gasteiger partial charge in [0.15, 0.2) is 0 Å². The number of hydrogen-bond acceptors (Lipinski definition) is 4. The lowest BCUT2D eigenvalue weighted by atomic mass is 10.0. The monoisotopic (exact) mass is 558 g/mol. The van der Waals surface area contributed by atoms with Crippen LogP contribution in [0.3, 0.4) is 0 Å². The molecule has 0 saturated heterocycles. The largest absolute Gasteiger partial charge is 0.399 e. The Morgan fingerprint density at radius 3 is 1.54 bits per heavy atom. The first-order valence-electron chi connectivity index (χ1n) is 15.2. The van der Waals surface area contributed by atoms with Crippen LogP contribution in [0.2, 0.25) is 0 Å². The highest BCUT2D eigenvalue weighted by atomic mass is 32.2. The molecule has 220 valence electrons. The summed E-state index contributed by atoms with van der Waals surface area (Å²) in [5, 5.41) is 0. The molecule has 0 radical (unpaired) electrons. The average Bonchev–Trinajstić information content (AvgIpc) is 2.91. The van der Waals surface area contributed by atoms with E-state index in [0.717, 1.165) is 19.3 Å². The van der Waals surface area contributed by atoms with Crippen molar-refractivity contribution in [3.63, 3.8) is 0 Å². The molecule has 0 saturated carbocycles. The summed E-state index contributed by atoms with van der Waals surface area (Å²) in [6.07, 6.45) is 19.2. The molecule has 0 unspecified atom stereocenters. The number of rotatable bonds is 19. The summed E-state index contributed by atoms with van der Waals surface area (Å²) in [4.78, 5) is 12.0. The van der Waals surface area contributed by atoms with Gasteiger partial charge in [0, 0.05) is 12.1 Å². The fourth-order valence-corrected chi connectivity index (χ4v) is 5.42. The quantitative estimate of drug-likeness (QED) is 0.133. The maximum Gasteiger partial charge on any atom is 0.264 e. The van der Waals surface area contributed by atoms with Crippen molar-refractivity contribution < 1.29 is 13.2 Å². The summed E-state index contributed by atoms with van der Waals surface area (Å²) in [7, 11) is -3.80. The van der Waals surface area contributed by atoms with Gasteiger partial charge in [-0.25, -0.2) is 13.1 Å². The van der Waals surface area contributed by atoms with Crippen LogP contribution < -0.4 is 10.5 Å². The Bertz CT molecular complexity index is 974. The van der Waals surface area contributed by atoms with Gasteiger partial charge in [-0.2, -0.15) is 0 Å². The van der Waals surface area contributed by atoms with Gasteiger partial charge in [0.05, 0.1) is 4.90 Å². The number of anilines is 1. The Kier molecular flexibility index (Phi) is 19.1. The van der Waals surface area contributed by atoms with Crippen LogP contribution in [-0.2, 0) is 14.8 Å². The molecule has 0 heterocycles. The fourth-order valence-electron chi connectivity index (χ4n) is 4.40. The van der Waals surface area contributed by atoms with Gasteiger partial charge in [0.1, 0.15) is 0 Å². The highest BCUT2D eigenvalue weighted by Crippen LogP contribution is 2.15. The highest BCUT2D eigenvalue weighted by molar-refractivity contribution is 7.90. The predicted molar refractivity (Wildman–Crippen MR) is 166 cm³/mol. The van der Waals surface area contributed by atoms with E-state index in [4.69, 9.17) is 5.73 Å². The Labute approximate surface area is 239 Å². The minimum atomic E-state index is -3.80. The summed E-state index contributed by atoms with van der Waals surface area (Å²) in [5.74, 6) is 0.215. The van der Waals surface area contributed by atoms with Crippen molar-refractivity contribution in [2.24, 2.45) is 0 Å². The lowest BCUT2D eigenvalue weighted by Crippen LogP contribution is -2.30. The molecule has 2 aromatic rings. The van der Waals surface area contributed by atoms with Gasteiger partial charge in [0.25, 0.3) is 10.0 Å². The van der Waals surface area contributed by atoms with E-state index in [-0.39, 0.29) is 11.3 Å². The number of nitrogens with two attached hydrogens (primary N) is 1. The molecule has 39 heavy (non-hydrogen) atoms. The van der Waals surface area contributed by atoms with Gasteiger partial charge in [-0.1, -0.05) is 141 Å². The van der Waals surface area contributed by atoms with Crippen molar-refractivity contribution in [1.29, 1.82) is 0 Å². The van der Waals surface area contributed by atoms with Crippen LogP contribution in [-0.4, -0.2) is 14.3 Å². The molecular formula is C33H54N2O3S. The molecule has 0 spiro atoms. The molecule has 0 atom stereocenters. The molecule has 1 amide bonds. The van der Waals surface area contributed by atoms with E-state index < -0.39 is 15.9 Å². The second kappa shape index (κ2) is 21.5. The number of nitrogens with one attached hydrogen (secondary N) is 1. The van der Waals surface area contributed by atoms with Crippen LogP contribution in [0.25, 0.3) is 0 Å². The van der Waals surface area contributed by atoms with E-state index in [9.17, 15) is 13.2 Å². The number of carbonyl (C=O) groups excluding carboxylic acids is 1. The van der Waals surface area contributed by atoms with Gasteiger partial charge < -0.3 is 5.73 Å². The maximum absolute atomic E-state index is 12.1. The fraction of sp³-hybridized carbons (Fsp3) is 0.606. The molecule has 0 bridgehead atoms. The Hall–Kier alpha value is -2.34. The number of unbranched alkanes of at least 4 members (excludes halogenated alkanes) is 14. The highest BCUT2D eigenvalue weighted by Gasteiger charge is 2.16. The maximum atomic E-state index is 12.1. The summed E-state index contributed by atoms with van der Waals surface area (Å²) in [6, 6.07) is 16.3. The van der Waals surface area contributed by atoms with Crippen molar-refractivity contribution in [2.75, 3.05) is 5.73 Å². The summed E-state index contributed by atoms with van der Waals surface area (Å²) in [5.41, 5.74) is 7.46. The third-order valence-corrected chi connectivity index (χ3v) is 8.30. The molecule has 0 fully saturated rings. The minimum Gasteiger partial charge on any atom is -0.399 e. The van der Waals surface area contributed by atoms with Crippen LogP contribution in [0, 0.1) is 0 Å². The third-order valence-electron chi connectivity index (χ3n) is 6.91. The second-order valence-corrected chi connectivity index (χ2v) is 12.5.